The lowest BCUT2D eigenvalue weighted by molar-refractivity contribution is 0.174. The van der Waals surface area contributed by atoms with Crippen LogP contribution in [-0.4, -0.2) is 26.4 Å². The first-order valence-corrected chi connectivity index (χ1v) is 7.61. The van der Waals surface area contributed by atoms with Gasteiger partial charge in [-0.15, -0.1) is 10.2 Å². The van der Waals surface area contributed by atoms with Gasteiger partial charge in [-0.25, -0.2) is 4.98 Å². The van der Waals surface area contributed by atoms with Crippen molar-refractivity contribution in [3.63, 3.8) is 0 Å². The second kappa shape index (κ2) is 4.97. The second-order valence-corrected chi connectivity index (χ2v) is 5.75. The fourth-order valence-corrected chi connectivity index (χ4v) is 2.89. The van der Waals surface area contributed by atoms with Crippen LogP contribution in [0.25, 0.3) is 16.7 Å². The van der Waals surface area contributed by atoms with Crippen LogP contribution in [-0.2, 0) is 0 Å². The fourth-order valence-electron chi connectivity index (χ4n) is 2.72. The Morgan fingerprint density at radius 2 is 2.00 bits per heavy atom. The van der Waals surface area contributed by atoms with Crippen molar-refractivity contribution < 1.29 is 9.47 Å². The highest BCUT2D eigenvalue weighted by atomic mass is 35.5. The van der Waals surface area contributed by atoms with Gasteiger partial charge in [0.2, 0.25) is 12.4 Å². The zero-order valence-corrected chi connectivity index (χ0v) is 13.0. The third kappa shape index (κ3) is 2.02. The molecule has 3 heterocycles. The molecule has 0 saturated heterocycles. The predicted octanol–water partition coefficient (Wildman–Crippen LogP) is 3.40. The van der Waals surface area contributed by atoms with Gasteiger partial charge in [0.05, 0.1) is 11.0 Å². The average Bonchev–Trinajstić information content (AvgIpc) is 3.24. The summed E-state index contributed by atoms with van der Waals surface area (Å²) in [6, 6.07) is 11.1. The van der Waals surface area contributed by atoms with Crippen LogP contribution in [0.2, 0.25) is 5.02 Å². The predicted molar refractivity (Wildman–Crippen MR) is 89.1 cm³/mol. The monoisotopic (exact) mass is 339 g/mol. The number of anilines is 2. The van der Waals surface area contributed by atoms with Gasteiger partial charge in [0.15, 0.2) is 17.3 Å². The summed E-state index contributed by atoms with van der Waals surface area (Å²) in [6.45, 7) is 0.238. The molecule has 0 bridgehead atoms. The molecule has 0 amide bonds. The van der Waals surface area contributed by atoms with Crippen molar-refractivity contribution in [2.75, 3.05) is 12.1 Å². The third-order valence-electron chi connectivity index (χ3n) is 3.82. The number of nitrogens with zero attached hydrogens (tertiary/aromatic N) is 4. The highest BCUT2D eigenvalue weighted by Gasteiger charge is 2.15. The molecule has 5 rings (SSSR count). The molecule has 1 N–H and O–H groups in total. The molecule has 0 spiro atoms. The Bertz CT molecular complexity index is 1090. The first-order chi connectivity index (χ1) is 11.8. The van der Waals surface area contributed by atoms with Crippen molar-refractivity contribution in [1.29, 1.82) is 0 Å². The van der Waals surface area contributed by atoms with Crippen LogP contribution in [0.1, 0.15) is 0 Å². The van der Waals surface area contributed by atoms with E-state index in [1.165, 1.54) is 0 Å². The Morgan fingerprint density at radius 1 is 1.08 bits per heavy atom. The van der Waals surface area contributed by atoms with Crippen LogP contribution < -0.4 is 14.8 Å². The molecule has 0 fully saturated rings. The van der Waals surface area contributed by atoms with Crippen molar-refractivity contribution in [2.24, 2.45) is 0 Å². The molecule has 24 heavy (non-hydrogen) atoms. The van der Waals surface area contributed by atoms with E-state index >= 15 is 0 Å². The molecule has 0 atom stereocenters. The van der Waals surface area contributed by atoms with Crippen LogP contribution in [0.3, 0.4) is 0 Å². The largest absolute Gasteiger partial charge is 0.454 e. The summed E-state index contributed by atoms with van der Waals surface area (Å²) in [5.74, 6) is 2.03. The molecule has 8 heteroatoms. The number of rotatable bonds is 2. The Morgan fingerprint density at radius 3 is 2.96 bits per heavy atom. The molecule has 118 valence electrons. The maximum Gasteiger partial charge on any atom is 0.231 e. The minimum Gasteiger partial charge on any atom is -0.454 e. The number of fused-ring (bicyclic) bond motifs is 4. The van der Waals surface area contributed by atoms with E-state index < -0.39 is 0 Å². The topological polar surface area (TPSA) is 73.6 Å². The van der Waals surface area contributed by atoms with Gasteiger partial charge in [0.25, 0.3) is 0 Å². The zero-order valence-electron chi connectivity index (χ0n) is 12.2. The minimum atomic E-state index is 0.238. The molecular weight excluding hydrogens is 330 g/mol. The molecule has 7 nitrogen and oxygen atoms in total. The van der Waals surface area contributed by atoms with Crippen LogP contribution in [0.15, 0.2) is 42.7 Å². The highest BCUT2D eigenvalue weighted by molar-refractivity contribution is 6.31. The van der Waals surface area contributed by atoms with Gasteiger partial charge in [0.1, 0.15) is 6.33 Å². The SMILES string of the molecule is Clc1ccc2nc(Nc3ccc4c(c3)OCO4)c3nncn3c2c1. The van der Waals surface area contributed by atoms with Crippen molar-refractivity contribution in [3.05, 3.63) is 47.7 Å². The fraction of sp³-hybridized carbons (Fsp3) is 0.0625. The molecule has 0 radical (unpaired) electrons. The summed E-state index contributed by atoms with van der Waals surface area (Å²) in [5.41, 5.74) is 3.07. The third-order valence-corrected chi connectivity index (χ3v) is 4.06. The molecule has 0 unspecified atom stereocenters. The van der Waals surface area contributed by atoms with Crippen molar-refractivity contribution in [1.82, 2.24) is 19.6 Å². The van der Waals surface area contributed by atoms with E-state index in [0.717, 1.165) is 22.5 Å². The molecule has 2 aromatic carbocycles. The number of halogens is 1. The summed E-state index contributed by atoms with van der Waals surface area (Å²) in [4.78, 5) is 4.64. The van der Waals surface area contributed by atoms with Crippen LogP contribution in [0, 0.1) is 0 Å². The Labute approximate surface area is 140 Å². The quantitative estimate of drug-likeness (QED) is 0.603. The standard InChI is InChI=1S/C16H10ClN5O2/c17-9-1-3-11-12(5-9)22-7-18-21-16(22)15(20-11)19-10-2-4-13-14(6-10)24-8-23-13/h1-7H,8H2,(H,19,20). The van der Waals surface area contributed by atoms with E-state index in [0.29, 0.717) is 22.2 Å². The zero-order chi connectivity index (χ0) is 16.1. The van der Waals surface area contributed by atoms with E-state index in [1.54, 1.807) is 12.4 Å². The summed E-state index contributed by atoms with van der Waals surface area (Å²) in [7, 11) is 0. The van der Waals surface area contributed by atoms with Gasteiger partial charge in [-0.1, -0.05) is 11.6 Å². The lowest BCUT2D eigenvalue weighted by Gasteiger charge is -2.09. The number of ether oxygens (including phenoxy) is 2. The lowest BCUT2D eigenvalue weighted by atomic mass is 10.2. The molecular formula is C16H10ClN5O2. The number of aromatic nitrogens is 4. The summed E-state index contributed by atoms with van der Waals surface area (Å²) >= 11 is 6.09. The van der Waals surface area contributed by atoms with Crippen molar-refractivity contribution in [3.8, 4) is 11.5 Å². The first-order valence-electron chi connectivity index (χ1n) is 7.24. The maximum absolute atomic E-state index is 6.09. The Kier molecular flexibility index (Phi) is 2.77. The van der Waals surface area contributed by atoms with Gasteiger partial charge in [-0.3, -0.25) is 4.40 Å². The first kappa shape index (κ1) is 13.4. The Hall–Kier alpha value is -3.06. The second-order valence-electron chi connectivity index (χ2n) is 5.31. The van der Waals surface area contributed by atoms with Gasteiger partial charge in [-0.05, 0) is 30.3 Å². The summed E-state index contributed by atoms with van der Waals surface area (Å²) in [5, 5.41) is 12.0. The molecule has 4 aromatic rings. The van der Waals surface area contributed by atoms with Gasteiger partial charge in [0, 0.05) is 16.8 Å². The number of hydrogen-bond acceptors (Lipinski definition) is 6. The van der Waals surface area contributed by atoms with Gasteiger partial charge < -0.3 is 14.8 Å². The minimum absolute atomic E-state index is 0.238. The maximum atomic E-state index is 6.09. The summed E-state index contributed by atoms with van der Waals surface area (Å²) < 4.78 is 12.6. The van der Waals surface area contributed by atoms with E-state index in [1.807, 2.05) is 34.7 Å². The lowest BCUT2D eigenvalue weighted by Crippen LogP contribution is -2.00. The number of hydrogen-bond donors (Lipinski definition) is 1. The smallest absolute Gasteiger partial charge is 0.231 e. The number of benzene rings is 2. The van der Waals surface area contributed by atoms with E-state index in [-0.39, 0.29) is 6.79 Å². The normalized spacial score (nSPS) is 12.9. The van der Waals surface area contributed by atoms with Gasteiger partial charge >= 0.3 is 0 Å². The molecule has 0 saturated carbocycles. The van der Waals surface area contributed by atoms with Gasteiger partial charge in [-0.2, -0.15) is 0 Å². The molecule has 0 aliphatic carbocycles. The Balaban J connectivity index is 1.65. The van der Waals surface area contributed by atoms with Crippen LogP contribution in [0.5, 0.6) is 11.5 Å². The van der Waals surface area contributed by atoms with Crippen molar-refractivity contribution in [2.45, 2.75) is 0 Å². The van der Waals surface area contributed by atoms with E-state index in [2.05, 4.69) is 20.5 Å². The molecule has 1 aliphatic heterocycles. The van der Waals surface area contributed by atoms with Crippen LogP contribution in [0.4, 0.5) is 11.5 Å². The van der Waals surface area contributed by atoms with Crippen molar-refractivity contribution >= 4 is 39.8 Å². The molecule has 2 aromatic heterocycles. The highest BCUT2D eigenvalue weighted by Crippen LogP contribution is 2.35. The number of nitrogens with one attached hydrogen (secondary N) is 1. The molecule has 1 aliphatic rings. The van der Waals surface area contributed by atoms with E-state index in [9.17, 15) is 0 Å². The average molecular weight is 340 g/mol. The summed E-state index contributed by atoms with van der Waals surface area (Å²) in [6.07, 6.45) is 1.64. The van der Waals surface area contributed by atoms with E-state index in [4.69, 9.17) is 21.1 Å². The van der Waals surface area contributed by atoms with Crippen LogP contribution >= 0.6 is 11.6 Å².